The Labute approximate surface area is 201 Å². The fourth-order valence-electron chi connectivity index (χ4n) is 5.23. The number of ether oxygens (including phenoxy) is 5. The maximum atomic E-state index is 13.9. The number of aromatic nitrogens is 1. The van der Waals surface area contributed by atoms with Crippen molar-refractivity contribution in [2.45, 2.75) is 13.0 Å². The molecule has 0 bridgehead atoms. The molecule has 2 aliphatic heterocycles. The highest BCUT2D eigenvalue weighted by atomic mass is 16.7. The molecule has 35 heavy (non-hydrogen) atoms. The van der Waals surface area contributed by atoms with Crippen LogP contribution in [0.15, 0.2) is 29.1 Å². The first-order valence-electron chi connectivity index (χ1n) is 11.7. The summed E-state index contributed by atoms with van der Waals surface area (Å²) in [6.45, 7) is 4.64. The second kappa shape index (κ2) is 8.58. The van der Waals surface area contributed by atoms with Gasteiger partial charge in [-0.3, -0.25) is 14.5 Å². The van der Waals surface area contributed by atoms with Gasteiger partial charge >= 0.3 is 0 Å². The van der Waals surface area contributed by atoms with Crippen molar-refractivity contribution >= 4 is 16.6 Å². The summed E-state index contributed by atoms with van der Waals surface area (Å²) in [6.07, 6.45) is 0.763. The molecule has 3 heterocycles. The van der Waals surface area contributed by atoms with E-state index in [9.17, 15) is 9.59 Å². The highest BCUT2D eigenvalue weighted by Crippen LogP contribution is 2.46. The first-order valence-corrected chi connectivity index (χ1v) is 11.7. The Bertz CT molecular complexity index is 1410. The summed E-state index contributed by atoms with van der Waals surface area (Å²) < 4.78 is 29.2. The molecular weight excluding hydrogens is 452 g/mol. The van der Waals surface area contributed by atoms with Gasteiger partial charge in [0.05, 0.1) is 44.1 Å². The van der Waals surface area contributed by atoms with Crippen LogP contribution in [0.1, 0.15) is 22.3 Å². The van der Waals surface area contributed by atoms with Gasteiger partial charge in [-0.25, -0.2) is 0 Å². The van der Waals surface area contributed by atoms with E-state index in [4.69, 9.17) is 23.7 Å². The zero-order valence-corrected chi connectivity index (χ0v) is 19.7. The van der Waals surface area contributed by atoms with Gasteiger partial charge in [-0.2, -0.15) is 0 Å². The number of pyridine rings is 1. The molecule has 3 aliphatic rings. The van der Waals surface area contributed by atoms with E-state index in [0.717, 1.165) is 39.3 Å². The van der Waals surface area contributed by atoms with Gasteiger partial charge in [-0.1, -0.05) is 0 Å². The topological polar surface area (TPSA) is 88.5 Å². The van der Waals surface area contributed by atoms with Crippen molar-refractivity contribution in [2.24, 2.45) is 0 Å². The van der Waals surface area contributed by atoms with Crippen LogP contribution in [0.2, 0.25) is 0 Å². The molecule has 0 atom stereocenters. The SMILES string of the molecule is COc1cc2c3c(n(CCCN4CCOCC4)c(=O)c2cc1OC)-c1cc2c(cc1C3=O)OCO2. The molecule has 1 saturated heterocycles. The highest BCUT2D eigenvalue weighted by Gasteiger charge is 2.35. The van der Waals surface area contributed by atoms with E-state index >= 15 is 0 Å². The van der Waals surface area contributed by atoms with Crippen LogP contribution in [-0.2, 0) is 11.3 Å². The van der Waals surface area contributed by atoms with Crippen molar-refractivity contribution in [3.63, 3.8) is 0 Å². The molecule has 182 valence electrons. The highest BCUT2D eigenvalue weighted by molar-refractivity contribution is 6.27. The van der Waals surface area contributed by atoms with Crippen LogP contribution in [0.25, 0.3) is 22.0 Å². The number of carbonyl (C=O) groups excluding carboxylic acids is 1. The van der Waals surface area contributed by atoms with E-state index < -0.39 is 0 Å². The Kier molecular flexibility index (Phi) is 5.38. The van der Waals surface area contributed by atoms with E-state index in [2.05, 4.69) is 4.90 Å². The van der Waals surface area contributed by atoms with Gasteiger partial charge in [0.1, 0.15) is 0 Å². The molecule has 0 unspecified atom stereocenters. The van der Waals surface area contributed by atoms with Crippen molar-refractivity contribution in [3.8, 4) is 34.3 Å². The molecule has 6 rings (SSSR count). The molecule has 0 radical (unpaired) electrons. The van der Waals surface area contributed by atoms with Crippen LogP contribution in [0.4, 0.5) is 0 Å². The van der Waals surface area contributed by atoms with Gasteiger partial charge in [0, 0.05) is 42.7 Å². The predicted molar refractivity (Wildman–Crippen MR) is 128 cm³/mol. The van der Waals surface area contributed by atoms with Gasteiger partial charge in [0.15, 0.2) is 28.8 Å². The van der Waals surface area contributed by atoms with Crippen molar-refractivity contribution < 1.29 is 28.5 Å². The van der Waals surface area contributed by atoms with Crippen molar-refractivity contribution in [1.29, 1.82) is 0 Å². The molecule has 0 N–H and O–H groups in total. The number of fused-ring (bicyclic) bond motifs is 6. The minimum Gasteiger partial charge on any atom is -0.493 e. The number of methoxy groups -OCH3 is 2. The number of hydrogen-bond acceptors (Lipinski definition) is 8. The standard InChI is InChI=1S/C26H26N2O7/c1-31-19-10-15-18(13-20(19)32-2)26(30)28(5-3-4-27-6-8-33-9-7-27)24-16-11-21-22(35-14-34-21)12-17(16)25(29)23(15)24/h10-13H,3-9,14H2,1-2H3. The van der Waals surface area contributed by atoms with Crippen LogP contribution in [0, 0.1) is 0 Å². The molecule has 1 aromatic heterocycles. The lowest BCUT2D eigenvalue weighted by Crippen LogP contribution is -2.37. The third kappa shape index (κ3) is 3.45. The fourth-order valence-corrected chi connectivity index (χ4v) is 5.23. The third-order valence-corrected chi connectivity index (χ3v) is 6.97. The number of morpholine rings is 1. The summed E-state index contributed by atoms with van der Waals surface area (Å²) in [6, 6.07) is 6.91. The molecule has 1 fully saturated rings. The van der Waals surface area contributed by atoms with Gasteiger partial charge < -0.3 is 28.3 Å². The number of benzene rings is 2. The summed E-state index contributed by atoms with van der Waals surface area (Å²) in [5.41, 5.74) is 2.14. The average molecular weight is 479 g/mol. The lowest BCUT2D eigenvalue weighted by Gasteiger charge is -2.26. The molecule has 0 saturated carbocycles. The number of hydrogen-bond donors (Lipinski definition) is 0. The van der Waals surface area contributed by atoms with E-state index in [1.807, 2.05) is 6.07 Å². The van der Waals surface area contributed by atoms with Crippen LogP contribution in [-0.4, -0.2) is 69.1 Å². The smallest absolute Gasteiger partial charge is 0.259 e. The summed E-state index contributed by atoms with van der Waals surface area (Å²) in [5, 5.41) is 0.976. The third-order valence-electron chi connectivity index (χ3n) is 6.97. The van der Waals surface area contributed by atoms with Crippen molar-refractivity contribution in [1.82, 2.24) is 9.47 Å². The Morgan fingerprint density at radius 3 is 2.20 bits per heavy atom. The Balaban J connectivity index is 1.53. The van der Waals surface area contributed by atoms with Crippen LogP contribution in [0.5, 0.6) is 23.0 Å². The fraction of sp³-hybridized carbons (Fsp3) is 0.385. The lowest BCUT2D eigenvalue weighted by molar-refractivity contribution is 0.0369. The van der Waals surface area contributed by atoms with E-state index in [1.54, 1.807) is 22.8 Å². The molecular formula is C26H26N2O7. The van der Waals surface area contributed by atoms with Gasteiger partial charge in [0.2, 0.25) is 6.79 Å². The van der Waals surface area contributed by atoms with Gasteiger partial charge in [-0.15, -0.1) is 0 Å². The van der Waals surface area contributed by atoms with Crippen molar-refractivity contribution in [3.05, 3.63) is 45.7 Å². The van der Waals surface area contributed by atoms with E-state index in [1.165, 1.54) is 14.2 Å². The Morgan fingerprint density at radius 1 is 0.857 bits per heavy atom. The van der Waals surface area contributed by atoms with E-state index in [-0.39, 0.29) is 18.1 Å². The lowest BCUT2D eigenvalue weighted by atomic mass is 10.0. The number of ketones is 1. The van der Waals surface area contributed by atoms with Crippen molar-refractivity contribution in [2.75, 3.05) is 53.9 Å². The molecule has 3 aromatic rings. The second-order valence-electron chi connectivity index (χ2n) is 8.82. The number of carbonyl (C=O) groups is 1. The minimum atomic E-state index is -0.167. The normalized spacial score (nSPS) is 16.5. The quantitative estimate of drug-likeness (QED) is 0.418. The maximum absolute atomic E-state index is 13.9. The summed E-state index contributed by atoms with van der Waals surface area (Å²) in [4.78, 5) is 29.9. The first kappa shape index (κ1) is 21.9. The summed E-state index contributed by atoms with van der Waals surface area (Å²) >= 11 is 0. The maximum Gasteiger partial charge on any atom is 0.259 e. The first-order chi connectivity index (χ1) is 17.1. The largest absolute Gasteiger partial charge is 0.493 e. The molecule has 0 amide bonds. The Morgan fingerprint density at radius 2 is 1.51 bits per heavy atom. The van der Waals surface area contributed by atoms with Crippen LogP contribution in [0.3, 0.4) is 0 Å². The minimum absolute atomic E-state index is 0.111. The van der Waals surface area contributed by atoms with E-state index in [0.29, 0.717) is 62.7 Å². The van der Waals surface area contributed by atoms with Gasteiger partial charge in [-0.05, 0) is 30.7 Å². The molecule has 2 aromatic carbocycles. The monoisotopic (exact) mass is 478 g/mol. The zero-order chi connectivity index (χ0) is 24.1. The molecule has 1 aliphatic carbocycles. The second-order valence-corrected chi connectivity index (χ2v) is 8.82. The van der Waals surface area contributed by atoms with Crippen LogP contribution >= 0.6 is 0 Å². The van der Waals surface area contributed by atoms with Crippen LogP contribution < -0.4 is 24.5 Å². The summed E-state index contributed by atoms with van der Waals surface area (Å²) in [7, 11) is 3.06. The average Bonchev–Trinajstić information content (AvgIpc) is 3.46. The molecule has 0 spiro atoms. The predicted octanol–water partition coefficient (Wildman–Crippen LogP) is 2.68. The molecule has 9 nitrogen and oxygen atoms in total. The Hall–Kier alpha value is -3.56. The number of nitrogens with zero attached hydrogens (tertiary/aromatic N) is 2. The molecule has 9 heteroatoms. The summed E-state index contributed by atoms with van der Waals surface area (Å²) in [5.74, 6) is 1.87. The number of rotatable bonds is 6. The zero-order valence-electron chi connectivity index (χ0n) is 19.7. The van der Waals surface area contributed by atoms with Gasteiger partial charge in [0.25, 0.3) is 5.56 Å².